The summed E-state index contributed by atoms with van der Waals surface area (Å²) in [7, 11) is 0. The number of hydrogen-bond donors (Lipinski definition) is 0. The third-order valence-electron chi connectivity index (χ3n) is 6.47. The molecule has 0 radical (unpaired) electrons. The number of ketones is 1. The van der Waals surface area contributed by atoms with Crippen molar-refractivity contribution >= 4 is 17.7 Å². The first-order valence-electron chi connectivity index (χ1n) is 10.6. The molecule has 2 aliphatic rings. The van der Waals surface area contributed by atoms with Gasteiger partial charge >= 0.3 is 11.9 Å². The maximum absolute atomic E-state index is 12.4. The zero-order chi connectivity index (χ0) is 22.0. The molecule has 2 rings (SSSR count). The Hall–Kier alpha value is -1.91. The topological polar surface area (TPSA) is 69.7 Å². The van der Waals surface area contributed by atoms with E-state index in [2.05, 4.69) is 19.1 Å². The van der Waals surface area contributed by atoms with Crippen LogP contribution < -0.4 is 0 Å². The highest BCUT2D eigenvalue weighted by atomic mass is 16.6. The van der Waals surface area contributed by atoms with Crippen molar-refractivity contribution in [2.24, 2.45) is 23.2 Å². The Balaban J connectivity index is 2.56. The monoisotopic (exact) mass is 404 g/mol. The van der Waals surface area contributed by atoms with Gasteiger partial charge in [0.15, 0.2) is 5.78 Å². The van der Waals surface area contributed by atoms with Gasteiger partial charge < -0.3 is 9.47 Å². The highest BCUT2D eigenvalue weighted by Gasteiger charge is 2.54. The Labute approximate surface area is 174 Å². The minimum atomic E-state index is -0.681. The molecule has 0 bridgehead atoms. The molecule has 0 heterocycles. The van der Waals surface area contributed by atoms with Crippen LogP contribution >= 0.6 is 0 Å². The van der Waals surface area contributed by atoms with Crippen molar-refractivity contribution in [3.8, 4) is 0 Å². The molecule has 0 N–H and O–H groups in total. The second-order valence-corrected chi connectivity index (χ2v) is 9.72. The molecule has 2 aliphatic carbocycles. The standard InChI is InChI=1S/C24H36O5/c1-15-8-10-24(7)11-9-20(23(5,6)29-18(4)26)22(24)21(28-17(3)25)14-16(2)13-19(27)12-15/h8,10,13,15,20-22H,9,11-12,14H2,1-7H3/b10-8+,16-13+/t15-,20-,21+,22-,24+/m1/s1. The predicted molar refractivity (Wildman–Crippen MR) is 112 cm³/mol. The number of fused-ring (bicyclic) bond motifs is 1. The molecule has 5 nitrogen and oxygen atoms in total. The quantitative estimate of drug-likeness (QED) is 0.499. The Morgan fingerprint density at radius 2 is 1.83 bits per heavy atom. The summed E-state index contributed by atoms with van der Waals surface area (Å²) in [6.45, 7) is 12.9. The minimum absolute atomic E-state index is 0.0271. The molecule has 1 saturated carbocycles. The minimum Gasteiger partial charge on any atom is -0.462 e. The van der Waals surface area contributed by atoms with E-state index in [0.717, 1.165) is 18.4 Å². The second kappa shape index (κ2) is 8.85. The van der Waals surface area contributed by atoms with Crippen molar-refractivity contribution in [1.29, 1.82) is 0 Å². The molecule has 0 aromatic heterocycles. The number of hydrogen-bond acceptors (Lipinski definition) is 5. The lowest BCUT2D eigenvalue weighted by atomic mass is 9.68. The Morgan fingerprint density at radius 1 is 1.17 bits per heavy atom. The molecule has 0 aromatic rings. The Kier molecular flexibility index (Phi) is 7.13. The third kappa shape index (κ3) is 5.80. The number of ether oxygens (including phenoxy) is 2. The fourth-order valence-electron chi connectivity index (χ4n) is 5.31. The third-order valence-corrected chi connectivity index (χ3v) is 6.47. The van der Waals surface area contributed by atoms with Gasteiger partial charge in [-0.1, -0.05) is 31.6 Å². The van der Waals surface area contributed by atoms with Gasteiger partial charge in [-0.05, 0) is 51.0 Å². The fourth-order valence-corrected chi connectivity index (χ4v) is 5.31. The average molecular weight is 405 g/mol. The number of esters is 2. The van der Waals surface area contributed by atoms with E-state index < -0.39 is 5.60 Å². The average Bonchev–Trinajstić information content (AvgIpc) is 2.88. The first-order chi connectivity index (χ1) is 13.3. The maximum atomic E-state index is 12.4. The first-order valence-corrected chi connectivity index (χ1v) is 10.6. The lowest BCUT2D eigenvalue weighted by molar-refractivity contribution is -0.168. The molecule has 0 aromatic carbocycles. The van der Waals surface area contributed by atoms with Gasteiger partial charge in [0.05, 0.1) is 0 Å². The van der Waals surface area contributed by atoms with Crippen molar-refractivity contribution in [2.75, 3.05) is 0 Å². The number of carbonyl (C=O) groups is 3. The molecule has 5 atom stereocenters. The molecule has 29 heavy (non-hydrogen) atoms. The molecule has 0 unspecified atom stereocenters. The SMILES string of the molecule is CC(=O)O[C@H]1C/C(C)=C/C(=O)C[C@H](C)/C=C/[C@@]2(C)CC[C@@H](C(C)(C)OC(C)=O)[C@H]12. The summed E-state index contributed by atoms with van der Waals surface area (Å²) in [6.07, 6.45) is 8.37. The summed E-state index contributed by atoms with van der Waals surface area (Å²) >= 11 is 0. The molecule has 0 amide bonds. The molecule has 162 valence electrons. The Morgan fingerprint density at radius 3 is 2.41 bits per heavy atom. The van der Waals surface area contributed by atoms with Crippen molar-refractivity contribution < 1.29 is 23.9 Å². The summed E-state index contributed by atoms with van der Waals surface area (Å²) in [5, 5.41) is 0. The van der Waals surface area contributed by atoms with E-state index in [1.54, 1.807) is 6.08 Å². The molecule has 5 heteroatoms. The van der Waals surface area contributed by atoms with E-state index in [0.29, 0.717) is 12.8 Å². The van der Waals surface area contributed by atoms with Crippen LogP contribution in [0.2, 0.25) is 0 Å². The molecule has 1 fully saturated rings. The first kappa shape index (κ1) is 23.4. The van der Waals surface area contributed by atoms with Crippen molar-refractivity contribution in [3.05, 3.63) is 23.8 Å². The summed E-state index contributed by atoms with van der Waals surface area (Å²) in [5.41, 5.74) is 0.0118. The lowest BCUT2D eigenvalue weighted by Crippen LogP contribution is -2.46. The zero-order valence-electron chi connectivity index (χ0n) is 18.9. The van der Waals surface area contributed by atoms with E-state index in [4.69, 9.17) is 9.47 Å². The summed E-state index contributed by atoms with van der Waals surface area (Å²) < 4.78 is 11.6. The van der Waals surface area contributed by atoms with E-state index in [1.165, 1.54) is 13.8 Å². The second-order valence-electron chi connectivity index (χ2n) is 9.72. The lowest BCUT2D eigenvalue weighted by Gasteiger charge is -2.42. The van der Waals surface area contributed by atoms with Gasteiger partial charge in [0, 0.05) is 38.5 Å². The van der Waals surface area contributed by atoms with Crippen LogP contribution in [0.3, 0.4) is 0 Å². The van der Waals surface area contributed by atoms with Gasteiger partial charge in [0.2, 0.25) is 0 Å². The molecule has 0 spiro atoms. The predicted octanol–water partition coefficient (Wildman–Crippen LogP) is 4.79. The zero-order valence-corrected chi connectivity index (χ0v) is 18.9. The smallest absolute Gasteiger partial charge is 0.303 e. The highest BCUT2D eigenvalue weighted by molar-refractivity contribution is 5.90. The number of rotatable bonds is 3. The van der Waals surface area contributed by atoms with Crippen LogP contribution in [0.1, 0.15) is 74.1 Å². The summed E-state index contributed by atoms with van der Waals surface area (Å²) in [4.78, 5) is 36.1. The number of carbonyl (C=O) groups excluding carboxylic acids is 3. The molecule has 0 aliphatic heterocycles. The van der Waals surface area contributed by atoms with Crippen LogP contribution in [0.15, 0.2) is 23.8 Å². The Bertz CT molecular complexity index is 717. The van der Waals surface area contributed by atoms with Gasteiger partial charge in [-0.3, -0.25) is 14.4 Å². The highest BCUT2D eigenvalue weighted by Crippen LogP contribution is 2.55. The van der Waals surface area contributed by atoms with Crippen molar-refractivity contribution in [1.82, 2.24) is 0 Å². The van der Waals surface area contributed by atoms with Gasteiger partial charge in [-0.15, -0.1) is 0 Å². The maximum Gasteiger partial charge on any atom is 0.303 e. The fraction of sp³-hybridized carbons (Fsp3) is 0.708. The van der Waals surface area contributed by atoms with E-state index in [9.17, 15) is 14.4 Å². The summed E-state index contributed by atoms with van der Waals surface area (Å²) in [5.74, 6) is -0.412. The number of allylic oxidation sites excluding steroid dienone is 3. The largest absolute Gasteiger partial charge is 0.462 e. The van der Waals surface area contributed by atoms with Crippen molar-refractivity contribution in [2.45, 2.75) is 85.9 Å². The van der Waals surface area contributed by atoms with Gasteiger partial charge in [-0.2, -0.15) is 0 Å². The van der Waals surface area contributed by atoms with E-state index in [-0.39, 0.29) is 47.0 Å². The molecular weight excluding hydrogens is 368 g/mol. The molecule has 0 saturated heterocycles. The van der Waals surface area contributed by atoms with Crippen LogP contribution in [0.25, 0.3) is 0 Å². The van der Waals surface area contributed by atoms with Crippen LogP contribution in [0.5, 0.6) is 0 Å². The van der Waals surface area contributed by atoms with Crippen LogP contribution in [0, 0.1) is 23.2 Å². The van der Waals surface area contributed by atoms with E-state index >= 15 is 0 Å². The normalized spacial score (nSPS) is 36.2. The van der Waals surface area contributed by atoms with Crippen LogP contribution in [-0.2, 0) is 23.9 Å². The van der Waals surface area contributed by atoms with Gasteiger partial charge in [-0.25, -0.2) is 0 Å². The van der Waals surface area contributed by atoms with E-state index in [1.807, 2.05) is 27.7 Å². The molecular formula is C24H36O5. The van der Waals surface area contributed by atoms with Gasteiger partial charge in [0.1, 0.15) is 11.7 Å². The summed E-state index contributed by atoms with van der Waals surface area (Å²) in [6, 6.07) is 0. The van der Waals surface area contributed by atoms with Crippen LogP contribution in [0.4, 0.5) is 0 Å². The van der Waals surface area contributed by atoms with Crippen molar-refractivity contribution in [3.63, 3.8) is 0 Å². The van der Waals surface area contributed by atoms with Crippen LogP contribution in [-0.4, -0.2) is 29.4 Å². The van der Waals surface area contributed by atoms with Gasteiger partial charge in [0.25, 0.3) is 0 Å².